The van der Waals surface area contributed by atoms with E-state index in [-0.39, 0.29) is 12.0 Å². The van der Waals surface area contributed by atoms with E-state index < -0.39 is 0 Å². The lowest BCUT2D eigenvalue weighted by molar-refractivity contribution is 0.102. The standard InChI is InChI=1S/C18H19NO3/c1-2-13-8-9-14(10-17(13)22-12-16-11-21-16)18(20)19-15-6-4-3-5-7-15/h3-10,16H,2,11-12H2,1H3,(H,19,20). The molecule has 0 aromatic heterocycles. The Bertz CT molecular complexity index is 651. The Labute approximate surface area is 130 Å². The number of carbonyl (C=O) groups excluding carboxylic acids is 1. The van der Waals surface area contributed by atoms with E-state index >= 15 is 0 Å². The summed E-state index contributed by atoms with van der Waals surface area (Å²) >= 11 is 0. The molecule has 4 nitrogen and oxygen atoms in total. The summed E-state index contributed by atoms with van der Waals surface area (Å²) in [7, 11) is 0. The number of rotatable bonds is 6. The number of hydrogen-bond acceptors (Lipinski definition) is 3. The minimum Gasteiger partial charge on any atom is -0.490 e. The smallest absolute Gasteiger partial charge is 0.255 e. The van der Waals surface area contributed by atoms with Crippen LogP contribution in [0, 0.1) is 0 Å². The fourth-order valence-corrected chi connectivity index (χ4v) is 2.19. The Kier molecular flexibility index (Phi) is 4.39. The molecule has 3 rings (SSSR count). The van der Waals surface area contributed by atoms with Gasteiger partial charge in [-0.3, -0.25) is 4.79 Å². The SMILES string of the molecule is CCc1ccc(C(=O)Nc2ccccc2)cc1OCC1CO1. The van der Waals surface area contributed by atoms with Gasteiger partial charge in [0, 0.05) is 11.3 Å². The van der Waals surface area contributed by atoms with E-state index in [2.05, 4.69) is 12.2 Å². The Morgan fingerprint density at radius 1 is 1.27 bits per heavy atom. The summed E-state index contributed by atoms with van der Waals surface area (Å²) in [5.41, 5.74) is 2.46. The van der Waals surface area contributed by atoms with Crippen molar-refractivity contribution >= 4 is 11.6 Å². The summed E-state index contributed by atoms with van der Waals surface area (Å²) in [6.07, 6.45) is 1.06. The van der Waals surface area contributed by atoms with Crippen LogP contribution >= 0.6 is 0 Å². The predicted octanol–water partition coefficient (Wildman–Crippen LogP) is 3.28. The zero-order chi connectivity index (χ0) is 15.4. The third kappa shape index (κ3) is 3.65. The van der Waals surface area contributed by atoms with Crippen LogP contribution in [-0.2, 0) is 11.2 Å². The number of aryl methyl sites for hydroxylation is 1. The fraction of sp³-hybridized carbons (Fsp3) is 0.278. The van der Waals surface area contributed by atoms with Crippen LogP contribution in [0.1, 0.15) is 22.8 Å². The molecule has 0 radical (unpaired) electrons. The molecule has 1 fully saturated rings. The molecule has 2 aromatic rings. The molecule has 0 aliphatic carbocycles. The Morgan fingerprint density at radius 3 is 2.73 bits per heavy atom. The minimum absolute atomic E-state index is 0.138. The molecule has 1 N–H and O–H groups in total. The second-order valence-corrected chi connectivity index (χ2v) is 5.26. The van der Waals surface area contributed by atoms with Crippen LogP contribution in [0.5, 0.6) is 5.75 Å². The zero-order valence-corrected chi connectivity index (χ0v) is 12.5. The van der Waals surface area contributed by atoms with Crippen molar-refractivity contribution < 1.29 is 14.3 Å². The van der Waals surface area contributed by atoms with E-state index in [1.54, 1.807) is 6.07 Å². The Hall–Kier alpha value is -2.33. The highest BCUT2D eigenvalue weighted by atomic mass is 16.6. The molecular weight excluding hydrogens is 278 g/mol. The number of benzene rings is 2. The van der Waals surface area contributed by atoms with Crippen LogP contribution in [0.15, 0.2) is 48.5 Å². The maximum absolute atomic E-state index is 12.3. The summed E-state index contributed by atoms with van der Waals surface area (Å²) in [5.74, 6) is 0.625. The van der Waals surface area contributed by atoms with Gasteiger partial charge in [-0.25, -0.2) is 0 Å². The summed E-state index contributed by atoms with van der Waals surface area (Å²) in [4.78, 5) is 12.3. The van der Waals surface area contributed by atoms with Crippen LogP contribution < -0.4 is 10.1 Å². The first-order valence-corrected chi connectivity index (χ1v) is 7.50. The minimum atomic E-state index is -0.138. The van der Waals surface area contributed by atoms with Gasteiger partial charge in [0.25, 0.3) is 5.91 Å². The molecule has 0 saturated carbocycles. The maximum atomic E-state index is 12.3. The highest BCUT2D eigenvalue weighted by Crippen LogP contribution is 2.23. The molecule has 2 aromatic carbocycles. The van der Waals surface area contributed by atoms with Crippen molar-refractivity contribution in [2.24, 2.45) is 0 Å². The largest absolute Gasteiger partial charge is 0.490 e. The quantitative estimate of drug-likeness (QED) is 0.832. The number of carbonyl (C=O) groups is 1. The third-order valence-electron chi connectivity index (χ3n) is 3.57. The van der Waals surface area contributed by atoms with Gasteiger partial charge in [0.05, 0.1) is 6.61 Å². The van der Waals surface area contributed by atoms with E-state index in [1.807, 2.05) is 42.5 Å². The van der Waals surface area contributed by atoms with Crippen molar-refractivity contribution in [3.63, 3.8) is 0 Å². The summed E-state index contributed by atoms with van der Waals surface area (Å²) in [6, 6.07) is 15.0. The van der Waals surface area contributed by atoms with Crippen molar-refractivity contribution in [1.29, 1.82) is 0 Å². The first-order valence-electron chi connectivity index (χ1n) is 7.50. The number of anilines is 1. The first kappa shape index (κ1) is 14.6. The van der Waals surface area contributed by atoms with Crippen molar-refractivity contribution in [2.75, 3.05) is 18.5 Å². The Morgan fingerprint density at radius 2 is 2.05 bits per heavy atom. The van der Waals surface area contributed by atoms with Gasteiger partial charge in [0.1, 0.15) is 18.5 Å². The number of ether oxygens (including phenoxy) is 2. The Balaban J connectivity index is 1.74. The molecule has 1 atom stereocenters. The van der Waals surface area contributed by atoms with Gasteiger partial charge in [-0.2, -0.15) is 0 Å². The summed E-state index contributed by atoms with van der Waals surface area (Å²) in [5, 5.41) is 2.88. The first-order chi connectivity index (χ1) is 10.8. The van der Waals surface area contributed by atoms with Crippen molar-refractivity contribution in [2.45, 2.75) is 19.4 Å². The summed E-state index contributed by atoms with van der Waals surface area (Å²) in [6.45, 7) is 3.37. The van der Waals surface area contributed by atoms with Gasteiger partial charge in [-0.1, -0.05) is 31.2 Å². The lowest BCUT2D eigenvalue weighted by atomic mass is 10.1. The highest BCUT2D eigenvalue weighted by molar-refractivity contribution is 6.04. The summed E-state index contributed by atoms with van der Waals surface area (Å²) < 4.78 is 10.9. The van der Waals surface area contributed by atoms with Crippen LogP contribution in [-0.4, -0.2) is 25.2 Å². The number of epoxide rings is 1. The van der Waals surface area contributed by atoms with Gasteiger partial charge < -0.3 is 14.8 Å². The molecule has 1 saturated heterocycles. The third-order valence-corrected chi connectivity index (χ3v) is 3.57. The van der Waals surface area contributed by atoms with Crippen LogP contribution in [0.2, 0.25) is 0 Å². The van der Waals surface area contributed by atoms with E-state index in [1.165, 1.54) is 0 Å². The molecule has 1 aliphatic rings. The van der Waals surface area contributed by atoms with Crippen LogP contribution in [0.25, 0.3) is 0 Å². The molecule has 1 amide bonds. The number of amides is 1. The molecule has 114 valence electrons. The fourth-order valence-electron chi connectivity index (χ4n) is 2.19. The maximum Gasteiger partial charge on any atom is 0.255 e. The van der Waals surface area contributed by atoms with E-state index in [4.69, 9.17) is 9.47 Å². The average molecular weight is 297 g/mol. The number of nitrogens with one attached hydrogen (secondary N) is 1. The number of para-hydroxylation sites is 1. The van der Waals surface area contributed by atoms with E-state index in [9.17, 15) is 4.79 Å². The second-order valence-electron chi connectivity index (χ2n) is 5.26. The van der Waals surface area contributed by atoms with Gasteiger partial charge in [-0.05, 0) is 36.2 Å². The van der Waals surface area contributed by atoms with E-state index in [0.29, 0.717) is 12.2 Å². The molecule has 1 aliphatic heterocycles. The molecule has 0 bridgehead atoms. The molecule has 4 heteroatoms. The van der Waals surface area contributed by atoms with Gasteiger partial charge in [-0.15, -0.1) is 0 Å². The molecular formula is C18H19NO3. The van der Waals surface area contributed by atoms with Crippen LogP contribution in [0.3, 0.4) is 0 Å². The van der Waals surface area contributed by atoms with Crippen LogP contribution in [0.4, 0.5) is 5.69 Å². The predicted molar refractivity (Wildman–Crippen MR) is 85.5 cm³/mol. The molecule has 22 heavy (non-hydrogen) atoms. The van der Waals surface area contributed by atoms with Gasteiger partial charge in [0.15, 0.2) is 0 Å². The van der Waals surface area contributed by atoms with Gasteiger partial charge in [0.2, 0.25) is 0 Å². The van der Waals surface area contributed by atoms with E-state index in [0.717, 1.165) is 30.0 Å². The average Bonchev–Trinajstić information content (AvgIpc) is 3.38. The van der Waals surface area contributed by atoms with Crippen molar-refractivity contribution in [1.82, 2.24) is 0 Å². The normalized spacial score (nSPS) is 16.1. The lowest BCUT2D eigenvalue weighted by Gasteiger charge is -2.12. The van der Waals surface area contributed by atoms with Gasteiger partial charge >= 0.3 is 0 Å². The zero-order valence-electron chi connectivity index (χ0n) is 12.5. The molecule has 1 heterocycles. The monoisotopic (exact) mass is 297 g/mol. The molecule has 1 unspecified atom stereocenters. The highest BCUT2D eigenvalue weighted by Gasteiger charge is 2.23. The lowest BCUT2D eigenvalue weighted by Crippen LogP contribution is -2.13. The second kappa shape index (κ2) is 6.62. The topological polar surface area (TPSA) is 50.9 Å². The number of hydrogen-bond donors (Lipinski definition) is 1. The molecule has 0 spiro atoms. The van der Waals surface area contributed by atoms with Crippen molar-refractivity contribution in [3.05, 3.63) is 59.7 Å². The van der Waals surface area contributed by atoms with Crippen molar-refractivity contribution in [3.8, 4) is 5.75 Å².